The zero-order valence-electron chi connectivity index (χ0n) is 17.2. The van der Waals surface area contributed by atoms with E-state index in [1.807, 2.05) is 53.3 Å². The molecule has 156 valence electrons. The van der Waals surface area contributed by atoms with Gasteiger partial charge in [0.1, 0.15) is 21.8 Å². The van der Waals surface area contributed by atoms with Crippen molar-refractivity contribution < 1.29 is 14.3 Å². The van der Waals surface area contributed by atoms with E-state index >= 15 is 0 Å². The lowest BCUT2D eigenvalue weighted by Gasteiger charge is -2.44. The Labute approximate surface area is 179 Å². The topological polar surface area (TPSA) is 63.6 Å². The Morgan fingerprint density at radius 3 is 2.63 bits per heavy atom. The van der Waals surface area contributed by atoms with Crippen LogP contribution in [0.15, 0.2) is 41.8 Å². The highest BCUT2D eigenvalue weighted by molar-refractivity contribution is 7.16. The summed E-state index contributed by atoms with van der Waals surface area (Å²) >= 11 is 1.60. The number of ether oxygens (including phenoxy) is 1. The Bertz CT molecular complexity index is 1110. The molecule has 0 radical (unpaired) electrons. The number of fused-ring (bicyclic) bond motifs is 3. The fourth-order valence-corrected chi connectivity index (χ4v) is 5.64. The van der Waals surface area contributed by atoms with E-state index in [0.717, 1.165) is 35.9 Å². The summed E-state index contributed by atoms with van der Waals surface area (Å²) in [5.74, 6) is 0.464. The lowest BCUT2D eigenvalue weighted by atomic mass is 9.93. The van der Waals surface area contributed by atoms with Crippen LogP contribution in [0.4, 0.5) is 5.69 Å². The highest BCUT2D eigenvalue weighted by Gasteiger charge is 2.49. The molecule has 0 spiro atoms. The summed E-state index contributed by atoms with van der Waals surface area (Å²) in [4.78, 5) is 30.0. The van der Waals surface area contributed by atoms with Crippen molar-refractivity contribution in [3.63, 3.8) is 0 Å². The number of hydrogen-bond donors (Lipinski definition) is 1. The van der Waals surface area contributed by atoms with Crippen molar-refractivity contribution in [2.75, 3.05) is 12.0 Å². The smallest absolute Gasteiger partial charge is 0.275 e. The van der Waals surface area contributed by atoms with Crippen molar-refractivity contribution in [1.82, 2.24) is 9.88 Å². The predicted octanol–water partition coefficient (Wildman–Crippen LogP) is 4.19. The highest BCUT2D eigenvalue weighted by atomic mass is 32.1. The van der Waals surface area contributed by atoms with Crippen LogP contribution < -0.4 is 15.0 Å². The van der Waals surface area contributed by atoms with Gasteiger partial charge in [0.2, 0.25) is 5.91 Å². The van der Waals surface area contributed by atoms with Gasteiger partial charge in [-0.3, -0.25) is 14.5 Å². The van der Waals surface area contributed by atoms with Crippen molar-refractivity contribution in [1.29, 1.82) is 0 Å². The van der Waals surface area contributed by atoms with Crippen LogP contribution in [0.25, 0.3) is 10.2 Å². The molecule has 1 N–H and O–H groups in total. The maximum Gasteiger partial charge on any atom is 0.275 e. The van der Waals surface area contributed by atoms with Gasteiger partial charge in [-0.05, 0) is 61.5 Å². The zero-order valence-corrected chi connectivity index (χ0v) is 18.0. The summed E-state index contributed by atoms with van der Waals surface area (Å²) in [6.45, 7) is 2.30. The summed E-state index contributed by atoms with van der Waals surface area (Å²) in [6.07, 6.45) is 4.28. The van der Waals surface area contributed by atoms with Crippen molar-refractivity contribution >= 4 is 39.1 Å². The van der Waals surface area contributed by atoms with Crippen LogP contribution in [-0.4, -0.2) is 35.1 Å². The number of nitrogens with zero attached hydrogens (tertiary/aromatic N) is 2. The van der Waals surface area contributed by atoms with Crippen LogP contribution in [0, 0.1) is 0 Å². The van der Waals surface area contributed by atoms with E-state index in [1.54, 1.807) is 23.3 Å². The number of methoxy groups -OCH3 is 1. The maximum atomic E-state index is 13.7. The second-order valence-electron chi connectivity index (χ2n) is 8.36. The molecule has 1 atom stereocenters. The third-order valence-corrected chi connectivity index (χ3v) is 7.35. The third-order valence-electron chi connectivity index (χ3n) is 6.39. The van der Waals surface area contributed by atoms with Gasteiger partial charge < -0.3 is 14.6 Å². The first-order valence-electron chi connectivity index (χ1n) is 10.4. The number of amides is 2. The van der Waals surface area contributed by atoms with Gasteiger partial charge in [-0.1, -0.05) is 12.8 Å². The standard InChI is InChI=1S/C23H25N3O3S/c1-23(22(28)24-16-5-3-4-6-16)14-25-19(13-15-11-12-30-21(15)25)20(27)26(23)17-7-9-18(29-2)10-8-17/h7-13,16H,3-6,14H2,1-2H3,(H,24,28)/t23-/m0/s1. The van der Waals surface area contributed by atoms with Gasteiger partial charge in [0.15, 0.2) is 0 Å². The monoisotopic (exact) mass is 423 g/mol. The number of carbonyl (C=O) groups is 2. The summed E-state index contributed by atoms with van der Waals surface area (Å²) in [5.41, 5.74) is 0.288. The Balaban J connectivity index is 1.60. The first kappa shape index (κ1) is 19.2. The quantitative estimate of drug-likeness (QED) is 0.684. The molecule has 5 rings (SSSR count). The predicted molar refractivity (Wildman–Crippen MR) is 118 cm³/mol. The summed E-state index contributed by atoms with van der Waals surface area (Å²) in [6, 6.07) is 11.5. The number of nitrogens with one attached hydrogen (secondary N) is 1. The number of benzene rings is 1. The first-order chi connectivity index (χ1) is 14.5. The largest absolute Gasteiger partial charge is 0.497 e. The molecular formula is C23H25N3O3S. The molecule has 1 aliphatic heterocycles. The third kappa shape index (κ3) is 2.91. The van der Waals surface area contributed by atoms with Gasteiger partial charge in [0, 0.05) is 17.1 Å². The normalized spacial score (nSPS) is 21.8. The Hall–Kier alpha value is -2.80. The van der Waals surface area contributed by atoms with E-state index in [0.29, 0.717) is 23.7 Å². The lowest BCUT2D eigenvalue weighted by Crippen LogP contribution is -2.65. The van der Waals surface area contributed by atoms with Gasteiger partial charge in [0.25, 0.3) is 5.91 Å². The zero-order chi connectivity index (χ0) is 20.9. The lowest BCUT2D eigenvalue weighted by molar-refractivity contribution is -0.127. The van der Waals surface area contributed by atoms with Crippen LogP contribution in [0.3, 0.4) is 0 Å². The molecule has 1 aromatic carbocycles. The fourth-order valence-electron chi connectivity index (χ4n) is 4.74. The van der Waals surface area contributed by atoms with E-state index in [9.17, 15) is 9.59 Å². The molecule has 1 saturated carbocycles. The minimum Gasteiger partial charge on any atom is -0.497 e. The van der Waals surface area contributed by atoms with Crippen LogP contribution in [0.5, 0.6) is 5.75 Å². The van der Waals surface area contributed by atoms with Crippen molar-refractivity contribution in [2.24, 2.45) is 0 Å². The maximum absolute atomic E-state index is 13.7. The molecule has 0 saturated heterocycles. The molecule has 30 heavy (non-hydrogen) atoms. The van der Waals surface area contributed by atoms with Gasteiger partial charge >= 0.3 is 0 Å². The fraction of sp³-hybridized carbons (Fsp3) is 0.391. The molecule has 1 fully saturated rings. The molecule has 1 aliphatic carbocycles. The number of anilines is 1. The molecule has 2 aliphatic rings. The van der Waals surface area contributed by atoms with Gasteiger partial charge in [0.05, 0.1) is 13.7 Å². The number of aromatic nitrogens is 1. The highest BCUT2D eigenvalue weighted by Crippen LogP contribution is 2.38. The number of hydrogen-bond acceptors (Lipinski definition) is 4. The minimum absolute atomic E-state index is 0.0948. The number of carbonyl (C=O) groups excluding carboxylic acids is 2. The van der Waals surface area contributed by atoms with Crippen molar-refractivity contribution in [2.45, 2.75) is 50.7 Å². The van der Waals surface area contributed by atoms with Crippen molar-refractivity contribution in [3.05, 3.63) is 47.5 Å². The van der Waals surface area contributed by atoms with Gasteiger partial charge in [-0.25, -0.2) is 0 Å². The average molecular weight is 424 g/mol. The first-order valence-corrected chi connectivity index (χ1v) is 11.3. The minimum atomic E-state index is -1.03. The van der Waals surface area contributed by atoms with Crippen LogP contribution >= 0.6 is 11.3 Å². The Kier molecular flexibility index (Phi) is 4.58. The molecule has 0 bridgehead atoms. The van der Waals surface area contributed by atoms with Crippen LogP contribution in [0.2, 0.25) is 0 Å². The van der Waals surface area contributed by atoms with E-state index < -0.39 is 5.54 Å². The second kappa shape index (κ2) is 7.16. The van der Waals surface area contributed by atoms with Gasteiger partial charge in [-0.15, -0.1) is 11.3 Å². The molecule has 3 heterocycles. The van der Waals surface area contributed by atoms with Crippen molar-refractivity contribution in [3.8, 4) is 5.75 Å². The summed E-state index contributed by atoms with van der Waals surface area (Å²) in [7, 11) is 1.61. The summed E-state index contributed by atoms with van der Waals surface area (Å²) in [5, 5.41) is 6.29. The second-order valence-corrected chi connectivity index (χ2v) is 9.26. The molecule has 0 unspecified atom stereocenters. The molecular weight excluding hydrogens is 398 g/mol. The summed E-state index contributed by atoms with van der Waals surface area (Å²) < 4.78 is 7.28. The Morgan fingerprint density at radius 2 is 1.93 bits per heavy atom. The van der Waals surface area contributed by atoms with E-state index in [4.69, 9.17) is 4.74 Å². The molecule has 3 aromatic rings. The van der Waals surface area contributed by atoms with Gasteiger partial charge in [-0.2, -0.15) is 0 Å². The SMILES string of the molecule is COc1ccc(N2C(=O)c3cc4ccsc4n3C[C@@]2(C)C(=O)NC2CCCC2)cc1. The van der Waals surface area contributed by atoms with E-state index in [1.165, 1.54) is 0 Å². The number of thiophene rings is 1. The van der Waals surface area contributed by atoms with Crippen LogP contribution in [0.1, 0.15) is 43.1 Å². The molecule has 7 heteroatoms. The molecule has 6 nitrogen and oxygen atoms in total. The van der Waals surface area contributed by atoms with E-state index in [-0.39, 0.29) is 17.9 Å². The molecule has 2 amide bonds. The van der Waals surface area contributed by atoms with E-state index in [2.05, 4.69) is 5.32 Å². The molecule has 2 aromatic heterocycles. The van der Waals surface area contributed by atoms with Crippen LogP contribution in [-0.2, 0) is 11.3 Å². The number of rotatable bonds is 4. The average Bonchev–Trinajstić information content (AvgIpc) is 3.47. The Morgan fingerprint density at radius 1 is 1.20 bits per heavy atom.